The number of carbonyl (C=O) groups is 2. The largest absolute Gasteiger partial charge is 0.446 e. The summed E-state index contributed by atoms with van der Waals surface area (Å²) in [5.41, 5.74) is -6.49. The van der Waals surface area contributed by atoms with Gasteiger partial charge in [-0.15, -0.1) is 0 Å². The van der Waals surface area contributed by atoms with Crippen LogP contribution in [0.15, 0.2) is 27.6 Å². The second-order valence-corrected chi connectivity index (χ2v) is 9.45. The number of alkyl halides is 3. The summed E-state index contributed by atoms with van der Waals surface area (Å²) in [5.74, 6) is 0. The van der Waals surface area contributed by atoms with E-state index in [4.69, 9.17) is 9.47 Å². The van der Waals surface area contributed by atoms with Gasteiger partial charge in [-0.25, -0.2) is 9.59 Å². The average molecular weight is 472 g/mol. The lowest BCUT2D eigenvalue weighted by molar-refractivity contribution is -0.0328. The number of benzene rings is 1. The molecule has 1 rings (SSSR count). The normalized spacial score (nSPS) is 12.5. The Kier molecular flexibility index (Phi) is 7.26. The lowest BCUT2D eigenvalue weighted by atomic mass is 10.2. The molecule has 2 amide bonds. The number of nitrogens with zero attached hydrogens (tertiary/aromatic N) is 1. The van der Waals surface area contributed by atoms with Crippen molar-refractivity contribution in [3.8, 4) is 0 Å². The molecule has 0 aromatic heterocycles. The van der Waals surface area contributed by atoms with E-state index >= 15 is 0 Å². The van der Waals surface area contributed by atoms with Gasteiger partial charge >= 0.3 is 17.7 Å². The van der Waals surface area contributed by atoms with Crippen LogP contribution in [-0.4, -0.2) is 28.9 Å². The molecule has 27 heavy (non-hydrogen) atoms. The summed E-state index contributed by atoms with van der Waals surface area (Å²) in [5, 5.41) is 0. The van der Waals surface area contributed by atoms with Gasteiger partial charge in [-0.3, -0.25) is 0 Å². The molecule has 10 heteroatoms. The minimum absolute atomic E-state index is 0.118. The molecule has 0 spiro atoms. The molecule has 152 valence electrons. The number of carbonyl (C=O) groups excluding carboxylic acids is 2. The second-order valence-electron chi connectivity index (χ2n) is 7.46. The van der Waals surface area contributed by atoms with Gasteiger partial charge in [-0.2, -0.15) is 18.1 Å². The van der Waals surface area contributed by atoms with E-state index < -0.39 is 28.9 Å². The first-order valence-electron chi connectivity index (χ1n) is 7.80. The van der Waals surface area contributed by atoms with E-state index in [-0.39, 0.29) is 26.8 Å². The van der Waals surface area contributed by atoms with Crippen LogP contribution in [-0.2, 0) is 9.47 Å². The Labute approximate surface area is 168 Å². The zero-order valence-electron chi connectivity index (χ0n) is 15.7. The minimum Gasteiger partial charge on any atom is -0.443 e. The lowest BCUT2D eigenvalue weighted by Crippen LogP contribution is -2.44. The number of amides is 2. The van der Waals surface area contributed by atoms with Gasteiger partial charge in [0, 0.05) is 9.37 Å². The molecular weight excluding hydrogens is 451 g/mol. The fraction of sp³-hybridized carbons (Fsp3) is 0.529. The molecule has 0 N–H and O–H groups in total. The number of thioether (sulfide) groups is 1. The molecule has 0 saturated heterocycles. The predicted molar refractivity (Wildman–Crippen MR) is 101 cm³/mol. The molecule has 0 aliphatic rings. The molecule has 0 heterocycles. The third-order valence-corrected chi connectivity index (χ3v) is 3.94. The summed E-state index contributed by atoms with van der Waals surface area (Å²) in [6, 6.07) is 3.59. The van der Waals surface area contributed by atoms with E-state index in [1.165, 1.54) is 12.1 Å². The Balaban J connectivity index is 3.39. The molecule has 5 nitrogen and oxygen atoms in total. The van der Waals surface area contributed by atoms with Crippen LogP contribution in [0.25, 0.3) is 0 Å². The highest BCUT2D eigenvalue weighted by Gasteiger charge is 2.35. The zero-order chi connectivity index (χ0) is 21.2. The standard InChI is InChI=1S/C17H21BrF3NO4S/c1-15(2,3)25-13(23)22(14(24)26-16(4,5)6)12-9-10(7-8-11(12)18)27-17(19,20)21/h7-9H,1-6H3. The van der Waals surface area contributed by atoms with Crippen molar-refractivity contribution in [2.75, 3.05) is 4.90 Å². The summed E-state index contributed by atoms with van der Waals surface area (Å²) in [4.78, 5) is 25.6. The number of hydrogen-bond donors (Lipinski definition) is 0. The van der Waals surface area contributed by atoms with Crippen LogP contribution in [0.1, 0.15) is 41.5 Å². The molecule has 0 aliphatic carbocycles. The number of ether oxygens (including phenoxy) is 2. The molecule has 0 aliphatic heterocycles. The molecule has 1 aromatic rings. The first-order valence-corrected chi connectivity index (χ1v) is 9.41. The van der Waals surface area contributed by atoms with Gasteiger partial charge in [0.1, 0.15) is 11.2 Å². The Morgan fingerprint density at radius 3 is 1.78 bits per heavy atom. The second kappa shape index (κ2) is 8.30. The maximum Gasteiger partial charge on any atom is 0.446 e. The topological polar surface area (TPSA) is 55.8 Å². The summed E-state index contributed by atoms with van der Waals surface area (Å²) in [6.45, 7) is 9.60. The molecule has 0 fully saturated rings. The van der Waals surface area contributed by atoms with Gasteiger partial charge in [0.15, 0.2) is 0 Å². The summed E-state index contributed by atoms with van der Waals surface area (Å²) < 4.78 is 48.7. The predicted octanol–water partition coefficient (Wildman–Crippen LogP) is 6.74. The first-order chi connectivity index (χ1) is 12.0. The maximum absolute atomic E-state index is 12.7. The Morgan fingerprint density at radius 1 is 0.963 bits per heavy atom. The lowest BCUT2D eigenvalue weighted by Gasteiger charge is -2.29. The fourth-order valence-electron chi connectivity index (χ4n) is 1.75. The van der Waals surface area contributed by atoms with Crippen LogP contribution in [0.5, 0.6) is 0 Å². The highest BCUT2D eigenvalue weighted by Crippen LogP contribution is 2.40. The molecule has 0 bridgehead atoms. The monoisotopic (exact) mass is 471 g/mol. The summed E-state index contributed by atoms with van der Waals surface area (Å²) >= 11 is 2.80. The Hall–Kier alpha value is -1.42. The van der Waals surface area contributed by atoms with Crippen molar-refractivity contribution in [1.82, 2.24) is 0 Å². The third-order valence-electron chi connectivity index (χ3n) is 2.54. The van der Waals surface area contributed by atoms with Crippen LogP contribution >= 0.6 is 27.7 Å². The first kappa shape index (κ1) is 23.6. The number of hydrogen-bond acceptors (Lipinski definition) is 5. The SMILES string of the molecule is CC(C)(C)OC(=O)N(C(=O)OC(C)(C)C)c1cc(SC(F)(F)F)ccc1Br. The van der Waals surface area contributed by atoms with Crippen LogP contribution in [0, 0.1) is 0 Å². The molecule has 0 radical (unpaired) electrons. The summed E-state index contributed by atoms with van der Waals surface area (Å²) in [7, 11) is 0. The van der Waals surface area contributed by atoms with Gasteiger partial charge in [0.05, 0.1) is 5.69 Å². The van der Waals surface area contributed by atoms with E-state index in [0.29, 0.717) is 4.90 Å². The molecule has 0 atom stereocenters. The molecular formula is C17H21BrF3NO4S. The van der Waals surface area contributed by atoms with E-state index in [1.807, 2.05) is 0 Å². The van der Waals surface area contributed by atoms with Crippen molar-refractivity contribution in [2.24, 2.45) is 0 Å². The fourth-order valence-corrected chi connectivity index (χ4v) is 2.75. The average Bonchev–Trinajstić information content (AvgIpc) is 2.36. The third kappa shape index (κ3) is 8.42. The Morgan fingerprint density at radius 2 is 1.41 bits per heavy atom. The van der Waals surface area contributed by atoms with Gasteiger partial charge in [-0.05, 0) is 87.4 Å². The smallest absolute Gasteiger partial charge is 0.443 e. The van der Waals surface area contributed by atoms with Crippen molar-refractivity contribution >= 4 is 45.6 Å². The van der Waals surface area contributed by atoms with Crippen LogP contribution in [0.2, 0.25) is 0 Å². The van der Waals surface area contributed by atoms with E-state index in [9.17, 15) is 22.8 Å². The van der Waals surface area contributed by atoms with Crippen molar-refractivity contribution in [2.45, 2.75) is 63.1 Å². The van der Waals surface area contributed by atoms with Crippen LogP contribution in [0.4, 0.5) is 28.4 Å². The van der Waals surface area contributed by atoms with Crippen molar-refractivity contribution in [3.63, 3.8) is 0 Å². The van der Waals surface area contributed by atoms with E-state index in [2.05, 4.69) is 15.9 Å². The van der Waals surface area contributed by atoms with Gasteiger partial charge in [0.2, 0.25) is 0 Å². The van der Waals surface area contributed by atoms with Gasteiger partial charge in [0.25, 0.3) is 0 Å². The zero-order valence-corrected chi connectivity index (χ0v) is 18.1. The Bertz CT molecular complexity index is 684. The van der Waals surface area contributed by atoms with Crippen molar-refractivity contribution in [3.05, 3.63) is 22.7 Å². The highest BCUT2D eigenvalue weighted by molar-refractivity contribution is 9.10. The van der Waals surface area contributed by atoms with Crippen LogP contribution < -0.4 is 4.90 Å². The van der Waals surface area contributed by atoms with Crippen molar-refractivity contribution < 1.29 is 32.2 Å². The quantitative estimate of drug-likeness (QED) is 0.447. The van der Waals surface area contributed by atoms with Gasteiger partial charge in [-0.1, -0.05) is 0 Å². The minimum atomic E-state index is -4.52. The number of rotatable bonds is 2. The van der Waals surface area contributed by atoms with Crippen molar-refractivity contribution in [1.29, 1.82) is 0 Å². The number of imide groups is 1. The summed E-state index contributed by atoms with van der Waals surface area (Å²) in [6.07, 6.45) is -2.13. The van der Waals surface area contributed by atoms with E-state index in [0.717, 1.165) is 6.07 Å². The maximum atomic E-state index is 12.7. The molecule has 0 saturated carbocycles. The van der Waals surface area contributed by atoms with E-state index in [1.54, 1.807) is 41.5 Å². The highest BCUT2D eigenvalue weighted by atomic mass is 79.9. The molecule has 0 unspecified atom stereocenters. The van der Waals surface area contributed by atoms with Crippen LogP contribution in [0.3, 0.4) is 0 Å². The molecule has 1 aromatic carbocycles. The van der Waals surface area contributed by atoms with Gasteiger partial charge < -0.3 is 9.47 Å². The number of anilines is 1. The number of halogens is 4.